The van der Waals surface area contributed by atoms with Crippen molar-refractivity contribution in [3.8, 4) is 0 Å². The average Bonchev–Trinajstić information content (AvgIpc) is 1.54. The Balaban J connectivity index is -0.0000000270. The molecule has 9 nitrogen and oxygen atoms in total. The first-order valence-electron chi connectivity index (χ1n) is 1.90. The van der Waals surface area contributed by atoms with Crippen LogP contribution >= 0.6 is 0 Å². The van der Waals surface area contributed by atoms with Crippen LogP contribution in [0, 0.1) is 0 Å². The van der Waals surface area contributed by atoms with Crippen LogP contribution < -0.4 is 15.3 Å². The van der Waals surface area contributed by atoms with E-state index in [1.54, 1.807) is 0 Å². The van der Waals surface area contributed by atoms with Gasteiger partial charge in [0, 0.05) is 0 Å². The molecule has 0 aromatic heterocycles. The molecule has 0 radical (unpaired) electrons. The summed E-state index contributed by atoms with van der Waals surface area (Å²) in [5.41, 5.74) is 0. The standard InChI is InChI=1S/3CH2O3.Al.Mg.2H/c3*2-1(3)4;;;;/h3*(H2,2,3,4);;;;/q;;;+3;;;/p-3. The summed E-state index contributed by atoms with van der Waals surface area (Å²) in [6, 6.07) is 0. The molecule has 76 valence electrons. The number of carbonyl (C=O) groups is 3. The van der Waals surface area contributed by atoms with E-state index in [2.05, 4.69) is 0 Å². The molecule has 0 spiro atoms. The van der Waals surface area contributed by atoms with Crippen LogP contribution in [0.1, 0.15) is 0 Å². The molecule has 0 aliphatic carbocycles. The van der Waals surface area contributed by atoms with Gasteiger partial charge < -0.3 is 45.0 Å². The quantitative estimate of drug-likeness (QED) is 0.348. The molecule has 3 N–H and O–H groups in total. The molecule has 0 atom stereocenters. The molecule has 0 saturated heterocycles. The Hall–Kier alpha value is -0.891. The Morgan fingerprint density at radius 1 is 0.714 bits per heavy atom. The topological polar surface area (TPSA) is 181 Å². The summed E-state index contributed by atoms with van der Waals surface area (Å²) in [7, 11) is 0. The van der Waals surface area contributed by atoms with Crippen molar-refractivity contribution in [1.82, 2.24) is 0 Å². The van der Waals surface area contributed by atoms with Crippen molar-refractivity contribution in [2.45, 2.75) is 0 Å². The van der Waals surface area contributed by atoms with Crippen LogP contribution in [-0.2, 0) is 0 Å². The van der Waals surface area contributed by atoms with E-state index in [1.807, 2.05) is 0 Å². The van der Waals surface area contributed by atoms with Gasteiger partial charge in [-0.1, -0.05) is 0 Å². The number of carboxylic acid groups (broad SMARTS) is 6. The summed E-state index contributed by atoms with van der Waals surface area (Å²) in [6.07, 6.45) is -6.25. The van der Waals surface area contributed by atoms with Gasteiger partial charge >= 0.3 is 40.4 Å². The van der Waals surface area contributed by atoms with E-state index in [-0.39, 0.29) is 40.4 Å². The van der Waals surface area contributed by atoms with E-state index in [4.69, 9.17) is 45.0 Å². The third kappa shape index (κ3) is 1430. The fraction of sp³-hybridized carbons (Fsp3) is 0. The SMILES string of the molecule is O=C([O-])O.O=C([O-])O.O=C([O-])O.[Al+3].[MgH2]. The molecule has 14 heavy (non-hydrogen) atoms. The molecule has 0 unspecified atom stereocenters. The maximum atomic E-state index is 8.44. The van der Waals surface area contributed by atoms with Crippen LogP contribution in [0.25, 0.3) is 0 Å². The van der Waals surface area contributed by atoms with Gasteiger partial charge in [0.2, 0.25) is 18.5 Å². The molecule has 0 aromatic carbocycles. The Bertz CT molecular complexity index is 118. The third-order valence-electron chi connectivity index (χ3n) is 0. The van der Waals surface area contributed by atoms with E-state index < -0.39 is 18.5 Å². The maximum Gasteiger partial charge on any atom is 3.00 e. The zero-order valence-electron chi connectivity index (χ0n) is 5.87. The Labute approximate surface area is 104 Å². The first-order valence-corrected chi connectivity index (χ1v) is 1.90. The predicted molar refractivity (Wildman–Crippen MR) is 38.4 cm³/mol. The molecule has 0 rings (SSSR count). The Kier molecular flexibility index (Phi) is 47.5. The zero-order chi connectivity index (χ0) is 10.7. The van der Waals surface area contributed by atoms with Gasteiger partial charge in [0.05, 0.1) is 0 Å². The molecule has 0 fully saturated rings. The summed E-state index contributed by atoms with van der Waals surface area (Å²) >= 11 is 0. The van der Waals surface area contributed by atoms with Crippen molar-refractivity contribution in [1.29, 1.82) is 0 Å². The van der Waals surface area contributed by atoms with Gasteiger partial charge in [-0.05, 0) is 0 Å². The van der Waals surface area contributed by atoms with Crippen molar-refractivity contribution in [2.75, 3.05) is 0 Å². The fourth-order valence-electron chi connectivity index (χ4n) is 0. The molecule has 0 aromatic rings. The van der Waals surface area contributed by atoms with Gasteiger partial charge in [-0.15, -0.1) is 0 Å². The van der Waals surface area contributed by atoms with Crippen LogP contribution in [-0.4, -0.2) is 74.2 Å². The smallest absolute Gasteiger partial charge is 0.565 e. The second kappa shape index (κ2) is 22.7. The predicted octanol–water partition coefficient (Wildman–Crippen LogP) is -4.63. The normalized spacial score (nSPS) is 5.14. The van der Waals surface area contributed by atoms with Crippen LogP contribution in [0.5, 0.6) is 0 Å². The Morgan fingerprint density at radius 3 is 0.714 bits per heavy atom. The van der Waals surface area contributed by atoms with E-state index in [0.717, 1.165) is 0 Å². The van der Waals surface area contributed by atoms with Crippen molar-refractivity contribution < 1.29 is 45.0 Å². The van der Waals surface area contributed by atoms with E-state index in [9.17, 15) is 0 Å². The summed E-state index contributed by atoms with van der Waals surface area (Å²) in [4.78, 5) is 25.3. The van der Waals surface area contributed by atoms with Gasteiger partial charge in [-0.3, -0.25) is 0 Å². The van der Waals surface area contributed by atoms with Gasteiger partial charge in [0.1, 0.15) is 0 Å². The third-order valence-corrected chi connectivity index (χ3v) is 0. The largest absolute Gasteiger partial charge is 3.00 e. The summed E-state index contributed by atoms with van der Waals surface area (Å²) in [6.45, 7) is 0. The maximum absolute atomic E-state index is 8.44. The molecule has 0 heterocycles. The molecule has 0 saturated carbocycles. The van der Waals surface area contributed by atoms with Crippen LogP contribution in [0.3, 0.4) is 0 Å². The summed E-state index contributed by atoms with van der Waals surface area (Å²) in [5.74, 6) is 0. The summed E-state index contributed by atoms with van der Waals surface area (Å²) < 4.78 is 0. The molecule has 0 amide bonds. The minimum Gasteiger partial charge on any atom is -0.565 e. The monoisotopic (exact) mass is 236 g/mol. The van der Waals surface area contributed by atoms with E-state index in [0.29, 0.717) is 0 Å². The van der Waals surface area contributed by atoms with E-state index in [1.165, 1.54) is 0 Å². The molecule has 11 heteroatoms. The minimum atomic E-state index is -2.08. The molecular formula is C3H5AlMgO9. The average molecular weight is 236 g/mol. The minimum absolute atomic E-state index is 0. The van der Waals surface area contributed by atoms with Crippen molar-refractivity contribution in [3.05, 3.63) is 0 Å². The zero-order valence-corrected chi connectivity index (χ0v) is 7.02. The number of rotatable bonds is 0. The van der Waals surface area contributed by atoms with Crippen LogP contribution in [0.15, 0.2) is 0 Å². The van der Waals surface area contributed by atoms with Gasteiger partial charge in [-0.2, -0.15) is 0 Å². The van der Waals surface area contributed by atoms with Crippen LogP contribution in [0.4, 0.5) is 14.4 Å². The fourth-order valence-corrected chi connectivity index (χ4v) is 0. The molecule has 0 aliphatic heterocycles. The second-order valence-corrected chi connectivity index (χ2v) is 0.798. The van der Waals surface area contributed by atoms with Gasteiger partial charge in [0.15, 0.2) is 0 Å². The molecule has 0 bridgehead atoms. The second-order valence-electron chi connectivity index (χ2n) is 0.798. The van der Waals surface area contributed by atoms with Gasteiger partial charge in [-0.25, -0.2) is 0 Å². The van der Waals surface area contributed by atoms with Crippen molar-refractivity contribution >= 4 is 58.9 Å². The van der Waals surface area contributed by atoms with Gasteiger partial charge in [0.25, 0.3) is 0 Å². The summed E-state index contributed by atoms with van der Waals surface area (Å²) in [5, 5.41) is 45.9. The molecule has 0 aliphatic rings. The number of hydrogen-bond donors (Lipinski definition) is 3. The van der Waals surface area contributed by atoms with Crippen LogP contribution in [0.2, 0.25) is 0 Å². The van der Waals surface area contributed by atoms with Crippen molar-refractivity contribution in [2.24, 2.45) is 0 Å². The number of hydrogen-bond acceptors (Lipinski definition) is 6. The Morgan fingerprint density at radius 2 is 0.714 bits per heavy atom. The van der Waals surface area contributed by atoms with Crippen molar-refractivity contribution in [3.63, 3.8) is 0 Å². The first kappa shape index (κ1) is 29.2. The van der Waals surface area contributed by atoms with E-state index >= 15 is 0 Å². The first-order chi connectivity index (χ1) is 5.20. The molecular weight excluding hydrogens is 231 g/mol.